The van der Waals surface area contributed by atoms with Crippen LogP contribution in [0.3, 0.4) is 0 Å². The van der Waals surface area contributed by atoms with E-state index in [-0.39, 0.29) is 23.0 Å². The molecule has 0 bridgehead atoms. The molecule has 0 unspecified atom stereocenters. The molecule has 0 saturated carbocycles. The number of aryl methyl sites for hydroxylation is 1. The van der Waals surface area contributed by atoms with Crippen LogP contribution in [-0.4, -0.2) is 52.2 Å². The summed E-state index contributed by atoms with van der Waals surface area (Å²) < 4.78 is 30.2. The molecule has 4 aromatic carbocycles. The summed E-state index contributed by atoms with van der Waals surface area (Å²) in [7, 11) is 0. The van der Waals surface area contributed by atoms with E-state index in [0.717, 1.165) is 34.1 Å². The summed E-state index contributed by atoms with van der Waals surface area (Å²) in [6, 6.07) is 17.9. The number of halogens is 2. The van der Waals surface area contributed by atoms with Gasteiger partial charge >= 0.3 is 0 Å². The van der Waals surface area contributed by atoms with Crippen molar-refractivity contribution in [3.63, 3.8) is 0 Å². The molecule has 1 heterocycles. The Labute approximate surface area is 269 Å². The zero-order valence-electron chi connectivity index (χ0n) is 25.6. The van der Waals surface area contributed by atoms with Gasteiger partial charge in [0.25, 0.3) is 11.8 Å². The second-order valence-corrected chi connectivity index (χ2v) is 10.9. The van der Waals surface area contributed by atoms with Crippen molar-refractivity contribution in [2.45, 2.75) is 19.9 Å². The van der Waals surface area contributed by atoms with E-state index >= 15 is 8.78 Å². The number of para-hydroxylation sites is 1. The number of benzene rings is 4. The van der Waals surface area contributed by atoms with Gasteiger partial charge in [0.2, 0.25) is 0 Å². The van der Waals surface area contributed by atoms with Crippen molar-refractivity contribution >= 4 is 45.4 Å². The number of aliphatic hydroxyl groups is 2. The maximum atomic E-state index is 15.1. The van der Waals surface area contributed by atoms with Gasteiger partial charge in [-0.1, -0.05) is 49.0 Å². The highest BCUT2D eigenvalue weighted by Gasteiger charge is 2.32. The molecule has 0 fully saturated rings. The number of fused-ring (bicyclic) bond motifs is 1. The minimum atomic E-state index is -1.00. The number of hydrogen-bond acceptors (Lipinski definition) is 7. The van der Waals surface area contributed by atoms with Gasteiger partial charge < -0.3 is 26.0 Å². The number of amides is 2. The lowest BCUT2D eigenvalue weighted by atomic mass is 9.93. The van der Waals surface area contributed by atoms with Gasteiger partial charge in [0.15, 0.2) is 0 Å². The fraction of sp³-hybridized carbons (Fsp3) is 0.139. The Hall–Kier alpha value is -5.65. The summed E-state index contributed by atoms with van der Waals surface area (Å²) >= 11 is 0. The standard InChI is InChI=1S/C36H32F2N4O5/c1-20-11-13-24(41-36(47)33-27-8-5-4-7-23(27)12-15-31(33)45)17-28(20)21(2)26-14-16-32(46)42(34-29(37)9-6-10-30(34)38)35(26)40-22(3)39-25(18-43)19-44/h4-17,25,39,43-45H,3,18-19H2,1-2H3,(H,41,47)/b26-21+,40-35+. The number of nitrogens with zero attached hydrogens (tertiary/aromatic N) is 2. The smallest absolute Gasteiger partial charge is 0.260 e. The lowest BCUT2D eigenvalue weighted by Gasteiger charge is -2.29. The zero-order valence-corrected chi connectivity index (χ0v) is 25.6. The number of nitrogens with one attached hydrogen (secondary N) is 2. The minimum Gasteiger partial charge on any atom is -0.507 e. The number of phenols is 1. The third-order valence-corrected chi connectivity index (χ3v) is 7.72. The summed E-state index contributed by atoms with van der Waals surface area (Å²) in [5.74, 6) is -3.74. The van der Waals surface area contributed by atoms with Crippen molar-refractivity contribution < 1.29 is 33.7 Å². The molecule has 0 spiro atoms. The van der Waals surface area contributed by atoms with Crippen molar-refractivity contribution in [3.05, 3.63) is 131 Å². The lowest BCUT2D eigenvalue weighted by Crippen LogP contribution is -2.42. The quantitative estimate of drug-likeness (QED) is 0.163. The van der Waals surface area contributed by atoms with Gasteiger partial charge in [-0.25, -0.2) is 13.8 Å². The van der Waals surface area contributed by atoms with E-state index < -0.39 is 48.4 Å². The van der Waals surface area contributed by atoms with Crippen LogP contribution >= 0.6 is 0 Å². The van der Waals surface area contributed by atoms with Gasteiger partial charge in [0.1, 0.15) is 34.7 Å². The van der Waals surface area contributed by atoms with Gasteiger partial charge in [0, 0.05) is 17.3 Å². The highest BCUT2D eigenvalue weighted by Crippen LogP contribution is 2.34. The molecule has 1 aliphatic rings. The number of phenolic OH excluding ortho intramolecular Hbond substituents is 1. The maximum absolute atomic E-state index is 15.1. The Morgan fingerprint density at radius 3 is 2.38 bits per heavy atom. The van der Waals surface area contributed by atoms with Crippen molar-refractivity contribution in [2.24, 2.45) is 4.99 Å². The molecule has 0 saturated heterocycles. The fourth-order valence-electron chi connectivity index (χ4n) is 5.34. The van der Waals surface area contributed by atoms with E-state index in [1.165, 1.54) is 18.2 Å². The van der Waals surface area contributed by atoms with Crippen LogP contribution in [0, 0.1) is 18.6 Å². The van der Waals surface area contributed by atoms with Crippen molar-refractivity contribution in [3.8, 4) is 5.75 Å². The van der Waals surface area contributed by atoms with Crippen molar-refractivity contribution in [1.82, 2.24) is 5.32 Å². The van der Waals surface area contributed by atoms with E-state index in [9.17, 15) is 24.9 Å². The van der Waals surface area contributed by atoms with Crippen LogP contribution in [-0.2, 0) is 4.79 Å². The highest BCUT2D eigenvalue weighted by atomic mass is 19.1. The second-order valence-electron chi connectivity index (χ2n) is 10.9. The Balaban J connectivity index is 1.61. The number of anilines is 2. The summed E-state index contributed by atoms with van der Waals surface area (Å²) in [4.78, 5) is 31.9. The average Bonchev–Trinajstić information content (AvgIpc) is 3.05. The van der Waals surface area contributed by atoms with Crippen LogP contribution in [0.25, 0.3) is 16.3 Å². The summed E-state index contributed by atoms with van der Waals surface area (Å²) in [5.41, 5.74) is 2.08. The number of carbonyl (C=O) groups is 2. The largest absolute Gasteiger partial charge is 0.507 e. The number of aromatic hydroxyl groups is 1. The molecule has 9 nitrogen and oxygen atoms in total. The number of carbonyl (C=O) groups excluding carboxylic acids is 2. The number of allylic oxidation sites excluding steroid dienone is 1. The molecular weight excluding hydrogens is 606 g/mol. The predicted molar refractivity (Wildman–Crippen MR) is 178 cm³/mol. The van der Waals surface area contributed by atoms with Crippen molar-refractivity contribution in [1.29, 1.82) is 0 Å². The third-order valence-electron chi connectivity index (χ3n) is 7.72. The van der Waals surface area contributed by atoms with E-state index in [1.54, 1.807) is 43.3 Å². The van der Waals surface area contributed by atoms with Crippen LogP contribution in [0.2, 0.25) is 0 Å². The Bertz CT molecular complexity index is 1980. The molecule has 4 aromatic rings. The summed E-state index contributed by atoms with van der Waals surface area (Å²) in [6.07, 6.45) is 2.63. The highest BCUT2D eigenvalue weighted by molar-refractivity contribution is 6.31. The van der Waals surface area contributed by atoms with E-state index in [0.29, 0.717) is 27.8 Å². The van der Waals surface area contributed by atoms with Crippen molar-refractivity contribution in [2.75, 3.05) is 23.4 Å². The molecule has 240 valence electrons. The number of rotatable bonds is 9. The van der Waals surface area contributed by atoms with Crippen LogP contribution in [0.4, 0.5) is 20.2 Å². The van der Waals surface area contributed by atoms with Crippen LogP contribution in [0.5, 0.6) is 5.75 Å². The number of aliphatic hydroxyl groups excluding tert-OH is 2. The molecule has 2 amide bonds. The topological polar surface area (TPSA) is 134 Å². The molecule has 5 rings (SSSR count). The Kier molecular flexibility index (Phi) is 9.59. The molecule has 0 aromatic heterocycles. The first kappa shape index (κ1) is 32.7. The van der Waals surface area contributed by atoms with Gasteiger partial charge in [-0.05, 0) is 77.7 Å². The average molecular weight is 639 g/mol. The molecule has 0 aliphatic carbocycles. The van der Waals surface area contributed by atoms with Gasteiger partial charge in [-0.3, -0.25) is 14.5 Å². The summed E-state index contributed by atoms with van der Waals surface area (Å²) in [5, 5.41) is 36.6. The molecule has 11 heteroatoms. The molecular formula is C36H32F2N4O5. The van der Waals surface area contributed by atoms with Crippen LogP contribution in [0.1, 0.15) is 28.4 Å². The molecule has 0 atom stereocenters. The van der Waals surface area contributed by atoms with Crippen LogP contribution < -0.4 is 15.5 Å². The predicted octanol–water partition coefficient (Wildman–Crippen LogP) is 5.57. The molecule has 0 radical (unpaired) electrons. The first-order valence-electron chi connectivity index (χ1n) is 14.6. The minimum absolute atomic E-state index is 0.0871. The number of aliphatic imine (C=N–C) groups is 1. The van der Waals surface area contributed by atoms with Gasteiger partial charge in [-0.15, -0.1) is 0 Å². The number of hydrogen-bond donors (Lipinski definition) is 5. The molecule has 1 aliphatic heterocycles. The van der Waals surface area contributed by atoms with Gasteiger partial charge in [0.05, 0.1) is 24.8 Å². The van der Waals surface area contributed by atoms with Gasteiger partial charge in [-0.2, -0.15) is 0 Å². The maximum Gasteiger partial charge on any atom is 0.260 e. The summed E-state index contributed by atoms with van der Waals surface area (Å²) in [6.45, 7) is 6.45. The first-order valence-corrected chi connectivity index (χ1v) is 14.6. The Morgan fingerprint density at radius 1 is 0.979 bits per heavy atom. The van der Waals surface area contributed by atoms with Crippen LogP contribution in [0.15, 0.2) is 108 Å². The third kappa shape index (κ3) is 6.67. The van der Waals surface area contributed by atoms with E-state index in [4.69, 9.17) is 0 Å². The number of amidine groups is 1. The van der Waals surface area contributed by atoms with E-state index in [2.05, 4.69) is 22.2 Å². The fourth-order valence-corrected chi connectivity index (χ4v) is 5.34. The Morgan fingerprint density at radius 2 is 1.68 bits per heavy atom. The molecule has 47 heavy (non-hydrogen) atoms. The lowest BCUT2D eigenvalue weighted by molar-refractivity contribution is -0.113. The monoisotopic (exact) mass is 638 g/mol. The normalized spacial score (nSPS) is 15.0. The SMILES string of the molecule is C=C(/N=C1\C(=C(/C)c2cc(NC(=O)c3c(O)ccc4ccccc34)ccc2C)C=CC(=O)N1c1c(F)cccc1F)NC(CO)CO. The second kappa shape index (κ2) is 13.8. The first-order chi connectivity index (χ1) is 22.5. The molecule has 5 N–H and O–H groups in total. The zero-order chi connectivity index (χ0) is 33.8. The van der Waals surface area contributed by atoms with E-state index in [1.807, 2.05) is 19.1 Å².